The van der Waals surface area contributed by atoms with E-state index < -0.39 is 0 Å². The Morgan fingerprint density at radius 1 is 1.24 bits per heavy atom. The topological polar surface area (TPSA) is 54.0 Å². The lowest BCUT2D eigenvalue weighted by Crippen LogP contribution is -2.14. The second-order valence-corrected chi connectivity index (χ2v) is 4.77. The van der Waals surface area contributed by atoms with Gasteiger partial charge < -0.3 is 10.6 Å². The van der Waals surface area contributed by atoms with Gasteiger partial charge >= 0.3 is 0 Å². The molecule has 110 valence electrons. The van der Waals surface area contributed by atoms with Crippen LogP contribution in [0.25, 0.3) is 0 Å². The summed E-state index contributed by atoms with van der Waals surface area (Å²) in [6.45, 7) is 4.56. The van der Waals surface area contributed by atoms with Crippen molar-refractivity contribution in [3.05, 3.63) is 53.6 Å². The fraction of sp³-hybridized carbons (Fsp3) is 0.250. The van der Waals surface area contributed by atoms with Crippen molar-refractivity contribution in [3.8, 4) is 0 Å². The van der Waals surface area contributed by atoms with Crippen LogP contribution in [0.15, 0.2) is 36.5 Å². The number of nitrogens with one attached hydrogen (secondary N) is 2. The van der Waals surface area contributed by atoms with Crippen molar-refractivity contribution >= 4 is 17.3 Å². The first-order chi connectivity index (χ1) is 10.1. The predicted octanol–water partition coefficient (Wildman–Crippen LogP) is 3.60. The van der Waals surface area contributed by atoms with E-state index in [1.54, 1.807) is 37.4 Å². The van der Waals surface area contributed by atoms with E-state index >= 15 is 0 Å². The number of nitrogens with zero attached hydrogens (tertiary/aromatic N) is 1. The van der Waals surface area contributed by atoms with Crippen molar-refractivity contribution in [1.82, 2.24) is 4.98 Å². The van der Waals surface area contributed by atoms with Crippen LogP contribution >= 0.6 is 0 Å². The number of aryl methyl sites for hydroxylation is 1. The van der Waals surface area contributed by atoms with Gasteiger partial charge in [-0.2, -0.15) is 0 Å². The molecule has 0 saturated carbocycles. The van der Waals surface area contributed by atoms with Crippen molar-refractivity contribution in [2.45, 2.75) is 20.3 Å². The molecule has 21 heavy (non-hydrogen) atoms. The minimum absolute atomic E-state index is 0.289. The van der Waals surface area contributed by atoms with E-state index in [0.717, 1.165) is 18.7 Å². The molecule has 1 amide bonds. The molecule has 4 nitrogen and oxygen atoms in total. The molecule has 1 heterocycles. The third-order valence-electron chi connectivity index (χ3n) is 3.00. The van der Waals surface area contributed by atoms with Gasteiger partial charge in [0.25, 0.3) is 5.91 Å². The third kappa shape index (κ3) is 4.02. The number of anilines is 2. The van der Waals surface area contributed by atoms with Crippen LogP contribution in [0.2, 0.25) is 0 Å². The summed E-state index contributed by atoms with van der Waals surface area (Å²) in [7, 11) is 0. The molecule has 0 fully saturated rings. The molecule has 0 saturated heterocycles. The van der Waals surface area contributed by atoms with E-state index in [1.165, 1.54) is 6.07 Å². The molecule has 0 aliphatic rings. The summed E-state index contributed by atoms with van der Waals surface area (Å²) in [5.74, 6) is -0.711. The molecule has 1 aromatic heterocycles. The SMILES string of the molecule is CCCNc1ccnc(C(=O)Nc2ccc(C)c(F)c2)c1. The second kappa shape index (κ2) is 6.83. The zero-order chi connectivity index (χ0) is 15.2. The van der Waals surface area contributed by atoms with Gasteiger partial charge in [-0.3, -0.25) is 9.78 Å². The molecule has 0 spiro atoms. The predicted molar refractivity (Wildman–Crippen MR) is 82.1 cm³/mol. The van der Waals surface area contributed by atoms with E-state index in [-0.39, 0.29) is 17.4 Å². The molecular weight excluding hydrogens is 269 g/mol. The lowest BCUT2D eigenvalue weighted by atomic mass is 10.2. The molecule has 0 radical (unpaired) electrons. The quantitative estimate of drug-likeness (QED) is 0.883. The zero-order valence-corrected chi connectivity index (χ0v) is 12.1. The lowest BCUT2D eigenvalue weighted by molar-refractivity contribution is 0.102. The maximum absolute atomic E-state index is 13.5. The Kier molecular flexibility index (Phi) is 4.87. The number of carbonyl (C=O) groups excluding carboxylic acids is 1. The number of benzene rings is 1. The van der Waals surface area contributed by atoms with Crippen molar-refractivity contribution in [2.75, 3.05) is 17.2 Å². The lowest BCUT2D eigenvalue weighted by Gasteiger charge is -2.08. The van der Waals surface area contributed by atoms with Crippen LogP contribution in [0.3, 0.4) is 0 Å². The Balaban J connectivity index is 2.10. The fourth-order valence-electron chi connectivity index (χ4n) is 1.80. The Hall–Kier alpha value is -2.43. The first kappa shape index (κ1) is 15.0. The molecule has 2 aromatic rings. The highest BCUT2D eigenvalue weighted by atomic mass is 19.1. The van der Waals surface area contributed by atoms with Gasteiger partial charge in [-0.25, -0.2) is 4.39 Å². The van der Waals surface area contributed by atoms with Crippen molar-refractivity contribution in [3.63, 3.8) is 0 Å². The summed E-state index contributed by atoms with van der Waals surface area (Å²) >= 11 is 0. The van der Waals surface area contributed by atoms with Gasteiger partial charge in [0.15, 0.2) is 0 Å². The minimum atomic E-state index is -0.363. The first-order valence-electron chi connectivity index (χ1n) is 6.87. The number of aromatic nitrogens is 1. The van der Waals surface area contributed by atoms with E-state index in [1.807, 2.05) is 0 Å². The van der Waals surface area contributed by atoms with Gasteiger partial charge in [0.1, 0.15) is 11.5 Å². The van der Waals surface area contributed by atoms with Crippen LogP contribution in [0.5, 0.6) is 0 Å². The van der Waals surface area contributed by atoms with Crippen LogP contribution in [-0.4, -0.2) is 17.4 Å². The Bertz CT molecular complexity index is 643. The van der Waals surface area contributed by atoms with Crippen molar-refractivity contribution < 1.29 is 9.18 Å². The van der Waals surface area contributed by atoms with E-state index in [9.17, 15) is 9.18 Å². The van der Waals surface area contributed by atoms with Crippen molar-refractivity contribution in [2.24, 2.45) is 0 Å². The molecule has 0 aliphatic carbocycles. The second-order valence-electron chi connectivity index (χ2n) is 4.77. The monoisotopic (exact) mass is 287 g/mol. The van der Waals surface area contributed by atoms with E-state index in [0.29, 0.717) is 11.3 Å². The molecule has 5 heteroatoms. The highest BCUT2D eigenvalue weighted by molar-refractivity contribution is 6.03. The third-order valence-corrected chi connectivity index (χ3v) is 3.00. The molecule has 0 aliphatic heterocycles. The molecule has 0 bridgehead atoms. The van der Waals surface area contributed by atoms with Gasteiger partial charge in [0.05, 0.1) is 0 Å². The maximum Gasteiger partial charge on any atom is 0.274 e. The zero-order valence-electron chi connectivity index (χ0n) is 12.1. The van der Waals surface area contributed by atoms with Crippen molar-refractivity contribution in [1.29, 1.82) is 0 Å². The first-order valence-corrected chi connectivity index (χ1v) is 6.87. The highest BCUT2D eigenvalue weighted by Gasteiger charge is 2.09. The van der Waals surface area contributed by atoms with Crippen LogP contribution in [0.1, 0.15) is 29.4 Å². The van der Waals surface area contributed by atoms with Gasteiger partial charge in [-0.1, -0.05) is 13.0 Å². The van der Waals surface area contributed by atoms with Gasteiger partial charge in [-0.05, 0) is 43.2 Å². The Morgan fingerprint density at radius 3 is 2.76 bits per heavy atom. The fourth-order valence-corrected chi connectivity index (χ4v) is 1.80. The summed E-state index contributed by atoms with van der Waals surface area (Å²) < 4.78 is 13.5. The highest BCUT2D eigenvalue weighted by Crippen LogP contribution is 2.15. The average molecular weight is 287 g/mol. The number of rotatable bonds is 5. The largest absolute Gasteiger partial charge is 0.385 e. The summed E-state index contributed by atoms with van der Waals surface area (Å²) in [6.07, 6.45) is 2.56. The van der Waals surface area contributed by atoms with E-state index in [2.05, 4.69) is 22.5 Å². The summed E-state index contributed by atoms with van der Waals surface area (Å²) in [6, 6.07) is 8.06. The van der Waals surface area contributed by atoms with E-state index in [4.69, 9.17) is 0 Å². The summed E-state index contributed by atoms with van der Waals surface area (Å²) in [5.41, 5.74) is 2.08. The minimum Gasteiger partial charge on any atom is -0.385 e. The van der Waals surface area contributed by atoms with Gasteiger partial charge in [0.2, 0.25) is 0 Å². The maximum atomic E-state index is 13.5. The molecule has 2 rings (SSSR count). The normalized spacial score (nSPS) is 10.2. The Morgan fingerprint density at radius 2 is 2.05 bits per heavy atom. The number of amides is 1. The molecule has 0 atom stereocenters. The Labute approximate surface area is 123 Å². The van der Waals surface area contributed by atoms with Crippen LogP contribution in [0, 0.1) is 12.7 Å². The number of carbonyl (C=O) groups is 1. The van der Waals surface area contributed by atoms with Gasteiger partial charge in [-0.15, -0.1) is 0 Å². The number of hydrogen-bond donors (Lipinski definition) is 2. The molecule has 1 aromatic carbocycles. The number of pyridine rings is 1. The smallest absolute Gasteiger partial charge is 0.274 e. The average Bonchev–Trinajstić information content (AvgIpc) is 2.49. The standard InChI is InChI=1S/C16H18FN3O/c1-3-7-18-12-6-8-19-15(10-12)16(21)20-13-5-4-11(2)14(17)9-13/h4-6,8-10H,3,7H2,1-2H3,(H,18,19)(H,20,21). The van der Waals surface area contributed by atoms with Crippen LogP contribution < -0.4 is 10.6 Å². The van der Waals surface area contributed by atoms with Crippen LogP contribution in [-0.2, 0) is 0 Å². The number of halogens is 1. The van der Waals surface area contributed by atoms with Crippen LogP contribution in [0.4, 0.5) is 15.8 Å². The summed E-state index contributed by atoms with van der Waals surface area (Å²) in [4.78, 5) is 16.2. The molecular formula is C16H18FN3O. The molecule has 0 unspecified atom stereocenters. The molecule has 2 N–H and O–H groups in total. The summed E-state index contributed by atoms with van der Waals surface area (Å²) in [5, 5.41) is 5.83. The van der Waals surface area contributed by atoms with Gasteiger partial charge in [0, 0.05) is 24.1 Å². The number of hydrogen-bond acceptors (Lipinski definition) is 3.